The van der Waals surface area contributed by atoms with E-state index >= 15 is 0 Å². The summed E-state index contributed by atoms with van der Waals surface area (Å²) in [6.07, 6.45) is 0. The third-order valence-electron chi connectivity index (χ3n) is 5.89. The molecule has 0 amide bonds. The molecule has 0 spiro atoms. The molecule has 0 aromatic heterocycles. The lowest BCUT2D eigenvalue weighted by atomic mass is 10.1. The molecule has 2 nitrogen and oxygen atoms in total. The van der Waals surface area contributed by atoms with Crippen LogP contribution in [0.25, 0.3) is 0 Å². The Bertz CT molecular complexity index is 1010. The number of nitrogens with zero attached hydrogens (tertiary/aromatic N) is 2. The van der Waals surface area contributed by atoms with E-state index in [0.717, 1.165) is 0 Å². The summed E-state index contributed by atoms with van der Waals surface area (Å²) in [5.41, 5.74) is 10.7. The van der Waals surface area contributed by atoms with Crippen LogP contribution in [0.4, 0.5) is 11.4 Å². The Kier molecular flexibility index (Phi) is 5.89. The zero-order valence-corrected chi connectivity index (χ0v) is 22.9. The smallest absolute Gasteiger partial charge is 0.111 e. The molecule has 1 heterocycles. The topological polar surface area (TPSA) is 15.4 Å². The monoisotopic (exact) mass is 442 g/mol. The molecule has 0 radical (unpaired) electrons. The molecule has 2 aromatic rings. The Morgan fingerprint density at radius 3 is 1.47 bits per heavy atom. The summed E-state index contributed by atoms with van der Waals surface area (Å²) in [4.78, 5) is 0. The summed E-state index contributed by atoms with van der Waals surface area (Å²) in [5, 5.41) is 0.343. The standard InChI is InChI=1S/C26H40N2P2/c1-17-13-19(3)23(20(4)14-17)27-30(26(10,11)12)28(29(30)25(7,8)9)24-21(5)15-18(2)16-22(24)6/h13-16H,1-12H3. The molecular formula is C26H40N2P2. The number of rotatable bonds is 2. The fourth-order valence-corrected chi connectivity index (χ4v) is 19.1. The average molecular weight is 443 g/mol. The van der Waals surface area contributed by atoms with Crippen LogP contribution in [0.15, 0.2) is 29.0 Å². The molecule has 164 valence electrons. The van der Waals surface area contributed by atoms with Crippen molar-refractivity contribution in [1.82, 2.24) is 0 Å². The van der Waals surface area contributed by atoms with Crippen molar-refractivity contribution in [2.45, 2.75) is 93.4 Å². The van der Waals surface area contributed by atoms with Crippen molar-refractivity contribution in [2.75, 3.05) is 4.44 Å². The van der Waals surface area contributed by atoms with Crippen LogP contribution in [0, 0.1) is 41.5 Å². The third kappa shape index (κ3) is 3.80. The van der Waals surface area contributed by atoms with Crippen molar-refractivity contribution in [1.29, 1.82) is 0 Å². The highest BCUT2D eigenvalue weighted by atomic mass is 32.1. The van der Waals surface area contributed by atoms with Crippen molar-refractivity contribution in [3.05, 3.63) is 57.6 Å². The Hall–Kier alpha value is -1.10. The molecule has 0 bridgehead atoms. The Morgan fingerprint density at radius 1 is 0.700 bits per heavy atom. The molecular weight excluding hydrogens is 402 g/mol. The van der Waals surface area contributed by atoms with Gasteiger partial charge in [0, 0.05) is 10.3 Å². The average Bonchev–Trinajstić information content (AvgIpc) is 3.19. The highest BCUT2D eigenvalue weighted by molar-refractivity contribution is 8.52. The van der Waals surface area contributed by atoms with E-state index in [1.807, 2.05) is 0 Å². The summed E-state index contributed by atoms with van der Waals surface area (Å²) in [7, 11) is -0.387. The van der Waals surface area contributed by atoms with Gasteiger partial charge in [-0.2, -0.15) is 0 Å². The van der Waals surface area contributed by atoms with E-state index in [4.69, 9.17) is 4.74 Å². The molecule has 3 rings (SSSR count). The minimum atomic E-state index is -1.78. The van der Waals surface area contributed by atoms with Crippen LogP contribution in [0.2, 0.25) is 0 Å². The number of hydrogen-bond acceptors (Lipinski definition) is 1. The minimum Gasteiger partial charge on any atom is -0.303 e. The van der Waals surface area contributed by atoms with Gasteiger partial charge in [0.1, 0.15) is 6.89 Å². The lowest BCUT2D eigenvalue weighted by Crippen LogP contribution is -2.11. The SMILES string of the molecule is Cc1cc(C)c(N=P2(C(C)(C)C)N(c3c(C)cc(C)cc3C)P2C(C)(C)C)c(C)c1. The molecule has 2 atom stereocenters. The van der Waals surface area contributed by atoms with Gasteiger partial charge in [-0.25, -0.2) is 4.74 Å². The zero-order chi connectivity index (χ0) is 22.8. The van der Waals surface area contributed by atoms with Gasteiger partial charge in [0.2, 0.25) is 0 Å². The van der Waals surface area contributed by atoms with Gasteiger partial charge in [-0.3, -0.25) is 0 Å². The van der Waals surface area contributed by atoms with E-state index in [2.05, 4.69) is 112 Å². The Labute approximate surface area is 186 Å². The molecule has 4 heteroatoms. The molecule has 0 N–H and O–H groups in total. The van der Waals surface area contributed by atoms with Crippen LogP contribution in [-0.2, 0) is 0 Å². The molecule has 1 aliphatic heterocycles. The van der Waals surface area contributed by atoms with Crippen molar-refractivity contribution < 1.29 is 0 Å². The third-order valence-corrected chi connectivity index (χ3v) is 18.2. The van der Waals surface area contributed by atoms with Crippen LogP contribution < -0.4 is 4.44 Å². The lowest BCUT2D eigenvalue weighted by molar-refractivity contribution is 0.784. The normalized spacial score (nSPS) is 21.7. The first kappa shape index (κ1) is 23.6. The first-order valence-corrected chi connectivity index (χ1v) is 14.7. The number of aryl methyl sites for hydroxylation is 6. The summed E-state index contributed by atoms with van der Waals surface area (Å²) < 4.78 is 8.60. The first-order chi connectivity index (χ1) is 13.6. The minimum absolute atomic E-state index is 0.125. The summed E-state index contributed by atoms with van der Waals surface area (Å²) in [5.74, 6) is 0. The van der Waals surface area contributed by atoms with Crippen molar-refractivity contribution in [3.8, 4) is 0 Å². The van der Waals surface area contributed by atoms with Gasteiger partial charge in [-0.15, -0.1) is 0 Å². The van der Waals surface area contributed by atoms with Crippen molar-refractivity contribution in [3.63, 3.8) is 0 Å². The van der Waals surface area contributed by atoms with Crippen molar-refractivity contribution in [2.24, 2.45) is 4.74 Å². The molecule has 1 fully saturated rings. The molecule has 0 saturated carbocycles. The second kappa shape index (κ2) is 7.50. The number of hydrogen-bond donors (Lipinski definition) is 0. The van der Waals surface area contributed by atoms with E-state index in [1.54, 1.807) is 0 Å². The van der Waals surface area contributed by atoms with E-state index in [0.29, 0.717) is 0 Å². The highest BCUT2D eigenvalue weighted by Crippen LogP contribution is 3.08. The summed E-state index contributed by atoms with van der Waals surface area (Å²) >= 11 is 0. The van der Waals surface area contributed by atoms with E-state index in [-0.39, 0.29) is 18.1 Å². The second-order valence-electron chi connectivity index (χ2n) is 11.1. The van der Waals surface area contributed by atoms with Crippen LogP contribution in [0.3, 0.4) is 0 Å². The van der Waals surface area contributed by atoms with E-state index < -0.39 is 6.89 Å². The van der Waals surface area contributed by atoms with Gasteiger partial charge < -0.3 is 4.44 Å². The van der Waals surface area contributed by atoms with Gasteiger partial charge in [0.05, 0.1) is 19.1 Å². The Balaban J connectivity index is 2.39. The highest BCUT2D eigenvalue weighted by Gasteiger charge is 2.67. The van der Waals surface area contributed by atoms with Gasteiger partial charge in [-0.05, 0) is 63.8 Å². The van der Waals surface area contributed by atoms with Crippen LogP contribution in [0.5, 0.6) is 0 Å². The zero-order valence-electron chi connectivity index (χ0n) is 21.1. The van der Waals surface area contributed by atoms with Crippen molar-refractivity contribution >= 4 is 26.0 Å². The summed E-state index contributed by atoms with van der Waals surface area (Å²) in [6.45, 7) is 26.1. The van der Waals surface area contributed by atoms with Crippen LogP contribution in [-0.4, -0.2) is 10.3 Å². The maximum Gasteiger partial charge on any atom is 0.111 e. The Morgan fingerprint density at radius 2 is 1.10 bits per heavy atom. The maximum absolute atomic E-state index is 5.79. The molecule has 2 unspecified atom stereocenters. The van der Waals surface area contributed by atoms with Crippen LogP contribution >= 0.6 is 14.7 Å². The second-order valence-corrected chi connectivity index (χ2v) is 19.6. The molecule has 1 saturated heterocycles. The van der Waals surface area contributed by atoms with E-state index in [9.17, 15) is 0 Å². The molecule has 1 aliphatic rings. The van der Waals surface area contributed by atoms with Crippen LogP contribution in [0.1, 0.15) is 74.9 Å². The van der Waals surface area contributed by atoms with Gasteiger partial charge in [0.25, 0.3) is 0 Å². The van der Waals surface area contributed by atoms with Gasteiger partial charge in [0.15, 0.2) is 0 Å². The molecule has 2 aromatic carbocycles. The van der Waals surface area contributed by atoms with E-state index in [1.165, 1.54) is 44.8 Å². The molecule has 0 aliphatic carbocycles. The number of anilines is 1. The lowest BCUT2D eigenvalue weighted by Gasteiger charge is -2.26. The summed E-state index contributed by atoms with van der Waals surface area (Å²) in [6, 6.07) is 9.27. The predicted molar refractivity (Wildman–Crippen MR) is 139 cm³/mol. The van der Waals surface area contributed by atoms with Gasteiger partial charge in [-0.1, -0.05) is 76.9 Å². The van der Waals surface area contributed by atoms with Gasteiger partial charge >= 0.3 is 0 Å². The molecule has 30 heavy (non-hydrogen) atoms. The fraction of sp³-hybridized carbons (Fsp3) is 0.538. The predicted octanol–water partition coefficient (Wildman–Crippen LogP) is 9.71. The number of benzene rings is 2. The maximum atomic E-state index is 5.79. The fourth-order valence-electron chi connectivity index (χ4n) is 4.88. The largest absolute Gasteiger partial charge is 0.303 e. The first-order valence-electron chi connectivity index (χ1n) is 11.0. The quantitative estimate of drug-likeness (QED) is 0.334.